The van der Waals surface area contributed by atoms with Crippen LogP contribution in [-0.4, -0.2) is 27.7 Å². The molecule has 0 rings (SSSR count). The van der Waals surface area contributed by atoms with Crippen molar-refractivity contribution in [1.82, 2.24) is 0 Å². The van der Waals surface area contributed by atoms with E-state index < -0.39 is 0 Å². The Kier molecular flexibility index (Phi) is 21.5. The molecule has 0 saturated heterocycles. The molecule has 3 nitrogen and oxygen atoms in total. The van der Waals surface area contributed by atoms with Crippen molar-refractivity contribution in [2.75, 3.05) is 27.7 Å². The predicted molar refractivity (Wildman–Crippen MR) is 32.4 cm³/mol. The summed E-state index contributed by atoms with van der Waals surface area (Å²) in [5.74, 6) is 0. The molecule has 0 aliphatic heterocycles. The lowest BCUT2D eigenvalue weighted by molar-refractivity contribution is -0.00271. The van der Waals surface area contributed by atoms with Gasteiger partial charge in [-0.15, -0.1) is 0 Å². The van der Waals surface area contributed by atoms with Gasteiger partial charge in [-0.05, 0) is 0 Å². The summed E-state index contributed by atoms with van der Waals surface area (Å²) in [5, 5.41) is 0. The van der Waals surface area contributed by atoms with E-state index in [0.29, 0.717) is 6.79 Å². The average Bonchev–Trinajstić information content (AvgIpc) is 1.71. The molecule has 0 N–H and O–H groups in total. The van der Waals surface area contributed by atoms with Gasteiger partial charge in [-0.1, -0.05) is 0 Å². The lowest BCUT2D eigenvalue weighted by Crippen LogP contribution is -1.87. The van der Waals surface area contributed by atoms with E-state index in [4.69, 9.17) is 4.57 Å². The topological polar surface area (TPSA) is 35.5 Å². The zero-order valence-electron chi connectivity index (χ0n) is 5.38. The summed E-state index contributed by atoms with van der Waals surface area (Å²) in [5.41, 5.74) is 0. The maximum Gasteiger partial charge on any atom is 0.151 e. The Bertz CT molecular complexity index is 38.3. The summed E-state index contributed by atoms with van der Waals surface area (Å²) < 4.78 is 17.8. The van der Waals surface area contributed by atoms with Crippen molar-refractivity contribution >= 4 is 8.46 Å². The van der Waals surface area contributed by atoms with E-state index in [0.717, 1.165) is 0 Å². The molecule has 0 bridgehead atoms. The largest absolute Gasteiger partial charge is 0.359 e. The third kappa shape index (κ3) is 37.2. The van der Waals surface area contributed by atoms with Gasteiger partial charge in [0.15, 0.2) is 8.46 Å². The normalized spacial score (nSPS) is 7.88. The van der Waals surface area contributed by atoms with Gasteiger partial charge >= 0.3 is 0 Å². The van der Waals surface area contributed by atoms with Gasteiger partial charge in [0.25, 0.3) is 0 Å². The fraction of sp³-hybridized carbons (Fsp3) is 1.00. The van der Waals surface area contributed by atoms with E-state index in [2.05, 4.69) is 9.47 Å². The highest BCUT2D eigenvalue weighted by Gasteiger charge is 1.63. The van der Waals surface area contributed by atoms with Crippen molar-refractivity contribution in [3.05, 3.63) is 0 Å². The maximum atomic E-state index is 8.90. The lowest BCUT2D eigenvalue weighted by Gasteiger charge is -1.87. The molecule has 8 heavy (non-hydrogen) atoms. The summed E-state index contributed by atoms with van der Waals surface area (Å²) in [6, 6.07) is 0. The second kappa shape index (κ2) is 15.7. The third-order valence-corrected chi connectivity index (χ3v) is 0.236. The van der Waals surface area contributed by atoms with Crippen LogP contribution in [0.15, 0.2) is 0 Å². The third-order valence-electron chi connectivity index (χ3n) is 0.236. The smallest absolute Gasteiger partial charge is 0.151 e. The molecule has 0 fully saturated rings. The van der Waals surface area contributed by atoms with Crippen LogP contribution >= 0.6 is 8.46 Å². The molecule has 50 valence electrons. The van der Waals surface area contributed by atoms with E-state index >= 15 is 0 Å². The number of hydrogen-bond donors (Lipinski definition) is 0. The van der Waals surface area contributed by atoms with Crippen LogP contribution in [0.25, 0.3) is 0 Å². The number of methoxy groups -OCH3 is 2. The van der Waals surface area contributed by atoms with Gasteiger partial charge < -0.3 is 9.47 Å². The average molecular weight is 138 g/mol. The SMILES string of the molecule is COCOC.CP=O. The van der Waals surface area contributed by atoms with E-state index in [1.165, 1.54) is 0 Å². The first-order valence-electron chi connectivity index (χ1n) is 2.02. The fourth-order valence-electron chi connectivity index (χ4n) is 0.118. The minimum Gasteiger partial charge on any atom is -0.359 e. The van der Waals surface area contributed by atoms with Crippen LogP contribution in [0.2, 0.25) is 0 Å². The van der Waals surface area contributed by atoms with Gasteiger partial charge in [-0.25, -0.2) is 0 Å². The quantitative estimate of drug-likeness (QED) is 0.424. The molecule has 0 unspecified atom stereocenters. The molecule has 0 aromatic rings. The summed E-state index contributed by atoms with van der Waals surface area (Å²) in [6.45, 7) is 1.93. The molecule has 0 aliphatic rings. The number of ether oxygens (including phenoxy) is 2. The van der Waals surface area contributed by atoms with Gasteiger partial charge in [0.2, 0.25) is 0 Å². The van der Waals surface area contributed by atoms with Crippen molar-refractivity contribution in [2.45, 2.75) is 0 Å². The number of hydrogen-bond acceptors (Lipinski definition) is 3. The van der Waals surface area contributed by atoms with E-state index in [9.17, 15) is 0 Å². The molecule has 0 radical (unpaired) electrons. The zero-order chi connectivity index (χ0) is 6.83. The first-order valence-corrected chi connectivity index (χ1v) is 3.28. The Labute approximate surface area is 51.2 Å². The van der Waals surface area contributed by atoms with Crippen LogP contribution in [0.4, 0.5) is 0 Å². The van der Waals surface area contributed by atoms with Crippen LogP contribution in [0.3, 0.4) is 0 Å². The van der Waals surface area contributed by atoms with E-state index in [1.807, 2.05) is 0 Å². The molecule has 0 aromatic carbocycles. The van der Waals surface area contributed by atoms with E-state index in [1.54, 1.807) is 20.9 Å². The van der Waals surface area contributed by atoms with E-state index in [-0.39, 0.29) is 8.46 Å². The molecule has 0 saturated carbocycles. The Morgan fingerprint density at radius 3 is 1.62 bits per heavy atom. The summed E-state index contributed by atoms with van der Waals surface area (Å²) in [6.07, 6.45) is 0. The second-order valence-corrected chi connectivity index (χ2v) is 1.24. The molecule has 0 aromatic heterocycles. The van der Waals surface area contributed by atoms with Gasteiger partial charge in [-0.2, -0.15) is 0 Å². The van der Waals surface area contributed by atoms with Crippen LogP contribution < -0.4 is 0 Å². The first-order chi connectivity index (χ1) is 3.83. The highest BCUT2D eigenvalue weighted by atomic mass is 31.1. The number of rotatable bonds is 2. The molecular weight excluding hydrogens is 127 g/mol. The molecule has 4 heteroatoms. The van der Waals surface area contributed by atoms with Crippen molar-refractivity contribution in [1.29, 1.82) is 0 Å². The van der Waals surface area contributed by atoms with Gasteiger partial charge in [0, 0.05) is 20.9 Å². The fourth-order valence-corrected chi connectivity index (χ4v) is 0.118. The van der Waals surface area contributed by atoms with Crippen LogP contribution in [0.5, 0.6) is 0 Å². The van der Waals surface area contributed by atoms with Crippen LogP contribution in [-0.2, 0) is 14.0 Å². The molecule has 0 heterocycles. The van der Waals surface area contributed by atoms with Crippen molar-refractivity contribution < 1.29 is 14.0 Å². The van der Waals surface area contributed by atoms with Gasteiger partial charge in [0.05, 0.1) is 0 Å². The molecule has 0 spiro atoms. The Morgan fingerprint density at radius 1 is 1.38 bits per heavy atom. The summed E-state index contributed by atoms with van der Waals surface area (Å²) >= 11 is 0. The van der Waals surface area contributed by atoms with Gasteiger partial charge in [0.1, 0.15) is 6.79 Å². The second-order valence-electron chi connectivity index (χ2n) is 0.878. The molecular formula is C4H11O3P. The van der Waals surface area contributed by atoms with Gasteiger partial charge in [-0.3, -0.25) is 4.57 Å². The lowest BCUT2D eigenvalue weighted by atomic mass is 11.4. The Balaban J connectivity index is 0. The zero-order valence-corrected chi connectivity index (χ0v) is 6.27. The molecule has 0 aliphatic carbocycles. The minimum absolute atomic E-state index is 0.167. The minimum atomic E-state index is 0.167. The Morgan fingerprint density at radius 2 is 1.62 bits per heavy atom. The Hall–Kier alpha value is 0.0200. The highest BCUT2D eigenvalue weighted by Crippen LogP contribution is 1.67. The highest BCUT2D eigenvalue weighted by molar-refractivity contribution is 7.22. The monoisotopic (exact) mass is 138 g/mol. The first kappa shape index (κ1) is 10.9. The molecule has 0 amide bonds. The van der Waals surface area contributed by atoms with Crippen molar-refractivity contribution in [3.63, 3.8) is 0 Å². The molecule has 0 atom stereocenters. The maximum absolute atomic E-state index is 8.90. The standard InChI is InChI=1S/C3H8O2.CH3OP/c1-4-3-5-2;1-3-2/h3H2,1-2H3;1H3. The van der Waals surface area contributed by atoms with Crippen LogP contribution in [0, 0.1) is 0 Å². The van der Waals surface area contributed by atoms with Crippen molar-refractivity contribution in [3.8, 4) is 0 Å². The summed E-state index contributed by atoms with van der Waals surface area (Å²) in [7, 11) is 3.34. The van der Waals surface area contributed by atoms with Crippen LogP contribution in [0.1, 0.15) is 0 Å². The predicted octanol–water partition coefficient (Wildman–Crippen LogP) is 1.14. The van der Waals surface area contributed by atoms with Crippen molar-refractivity contribution in [2.24, 2.45) is 0 Å². The summed E-state index contributed by atoms with van der Waals surface area (Å²) in [4.78, 5) is 0.